The third-order valence-corrected chi connectivity index (χ3v) is 4.10. The lowest BCUT2D eigenvalue weighted by Gasteiger charge is -2.37. The highest BCUT2D eigenvalue weighted by atomic mass is 19.1. The highest BCUT2D eigenvalue weighted by Crippen LogP contribution is 2.28. The van der Waals surface area contributed by atoms with Gasteiger partial charge in [-0.05, 0) is 37.6 Å². The van der Waals surface area contributed by atoms with Crippen molar-refractivity contribution >= 4 is 0 Å². The van der Waals surface area contributed by atoms with Gasteiger partial charge in [0.25, 0.3) is 0 Å². The molecule has 1 aromatic carbocycles. The molecule has 0 aliphatic heterocycles. The second-order valence-corrected chi connectivity index (χ2v) is 5.26. The van der Waals surface area contributed by atoms with E-state index in [2.05, 4.69) is 11.9 Å². The number of benzene rings is 1. The van der Waals surface area contributed by atoms with E-state index < -0.39 is 0 Å². The summed E-state index contributed by atoms with van der Waals surface area (Å²) in [6.45, 7) is 0.538. The summed E-state index contributed by atoms with van der Waals surface area (Å²) in [4.78, 5) is 2.34. The Labute approximate surface area is 109 Å². The minimum atomic E-state index is -0.178. The molecular formula is C15H23FN2. The normalized spacial score (nSPS) is 19.1. The molecule has 2 nitrogen and oxygen atoms in total. The van der Waals surface area contributed by atoms with Crippen LogP contribution in [-0.4, -0.2) is 24.5 Å². The first-order valence-corrected chi connectivity index (χ1v) is 6.90. The van der Waals surface area contributed by atoms with Crippen LogP contribution in [0.4, 0.5) is 4.39 Å². The van der Waals surface area contributed by atoms with Crippen LogP contribution in [-0.2, 0) is 0 Å². The molecule has 18 heavy (non-hydrogen) atoms. The molecule has 0 amide bonds. The van der Waals surface area contributed by atoms with E-state index >= 15 is 0 Å². The molecule has 0 radical (unpaired) electrons. The Balaban J connectivity index is 2.11. The summed E-state index contributed by atoms with van der Waals surface area (Å²) in [5.74, 6) is -0.178. The van der Waals surface area contributed by atoms with Gasteiger partial charge in [0.15, 0.2) is 0 Å². The summed E-state index contributed by atoms with van der Waals surface area (Å²) in [6.07, 6.45) is 6.42. The number of rotatable bonds is 4. The second-order valence-electron chi connectivity index (χ2n) is 5.26. The molecule has 0 spiro atoms. The molecule has 2 N–H and O–H groups in total. The molecule has 1 atom stereocenters. The number of nitrogens with zero attached hydrogens (tertiary/aromatic N) is 1. The SMILES string of the molecule is CN(C1CCCCC1)C(CN)c1cccc(F)c1. The standard InChI is InChI=1S/C15H23FN2/c1-18(14-8-3-2-4-9-14)15(11-17)12-6-5-7-13(16)10-12/h5-7,10,14-15H,2-4,8-9,11,17H2,1H3. The monoisotopic (exact) mass is 250 g/mol. The van der Waals surface area contributed by atoms with Crippen LogP contribution in [0.1, 0.15) is 43.7 Å². The highest BCUT2D eigenvalue weighted by Gasteiger charge is 2.24. The van der Waals surface area contributed by atoms with Crippen LogP contribution in [0.25, 0.3) is 0 Å². The van der Waals surface area contributed by atoms with Crippen molar-refractivity contribution in [1.82, 2.24) is 4.90 Å². The van der Waals surface area contributed by atoms with Crippen molar-refractivity contribution < 1.29 is 4.39 Å². The van der Waals surface area contributed by atoms with Gasteiger partial charge in [0.05, 0.1) is 0 Å². The molecule has 1 fully saturated rings. The van der Waals surface area contributed by atoms with Crippen LogP contribution in [0.2, 0.25) is 0 Å². The Bertz CT molecular complexity index is 375. The molecular weight excluding hydrogens is 227 g/mol. The van der Waals surface area contributed by atoms with Crippen LogP contribution < -0.4 is 5.73 Å². The zero-order valence-electron chi connectivity index (χ0n) is 11.1. The first-order valence-electron chi connectivity index (χ1n) is 6.90. The molecule has 1 aliphatic carbocycles. The maximum atomic E-state index is 13.3. The molecule has 1 aliphatic rings. The lowest BCUT2D eigenvalue weighted by molar-refractivity contribution is 0.140. The molecule has 1 saturated carbocycles. The third kappa shape index (κ3) is 3.09. The third-order valence-electron chi connectivity index (χ3n) is 4.10. The van der Waals surface area contributed by atoms with Crippen LogP contribution in [0.3, 0.4) is 0 Å². The van der Waals surface area contributed by atoms with Crippen molar-refractivity contribution in [3.05, 3.63) is 35.6 Å². The predicted molar refractivity (Wildman–Crippen MR) is 72.8 cm³/mol. The van der Waals surface area contributed by atoms with E-state index in [1.54, 1.807) is 12.1 Å². The van der Waals surface area contributed by atoms with Gasteiger partial charge < -0.3 is 5.73 Å². The van der Waals surface area contributed by atoms with E-state index in [1.807, 2.05) is 6.07 Å². The van der Waals surface area contributed by atoms with Gasteiger partial charge in [0.1, 0.15) is 5.82 Å². The van der Waals surface area contributed by atoms with E-state index in [9.17, 15) is 4.39 Å². The molecule has 0 heterocycles. The molecule has 2 rings (SSSR count). The van der Waals surface area contributed by atoms with E-state index in [-0.39, 0.29) is 11.9 Å². The van der Waals surface area contributed by atoms with Crippen molar-refractivity contribution in [2.75, 3.05) is 13.6 Å². The van der Waals surface area contributed by atoms with Gasteiger partial charge in [-0.3, -0.25) is 4.90 Å². The predicted octanol–water partition coefficient (Wildman–Crippen LogP) is 3.09. The number of halogens is 1. The molecule has 3 heteroatoms. The summed E-state index contributed by atoms with van der Waals surface area (Å²) in [5.41, 5.74) is 6.89. The maximum Gasteiger partial charge on any atom is 0.123 e. The van der Waals surface area contributed by atoms with Crippen LogP contribution >= 0.6 is 0 Å². The molecule has 0 bridgehead atoms. The molecule has 0 saturated heterocycles. The van der Waals surface area contributed by atoms with Gasteiger partial charge in [-0.2, -0.15) is 0 Å². The molecule has 1 unspecified atom stereocenters. The van der Waals surface area contributed by atoms with E-state index in [4.69, 9.17) is 5.73 Å². The van der Waals surface area contributed by atoms with Gasteiger partial charge in [-0.1, -0.05) is 31.4 Å². The quantitative estimate of drug-likeness (QED) is 0.889. The summed E-state index contributed by atoms with van der Waals surface area (Å²) in [7, 11) is 2.12. The highest BCUT2D eigenvalue weighted by molar-refractivity contribution is 5.20. The minimum absolute atomic E-state index is 0.129. The fourth-order valence-electron chi connectivity index (χ4n) is 2.99. The molecule has 0 aromatic heterocycles. The van der Waals surface area contributed by atoms with Crippen molar-refractivity contribution in [1.29, 1.82) is 0 Å². The second kappa shape index (κ2) is 6.30. The topological polar surface area (TPSA) is 29.3 Å². The van der Waals surface area contributed by atoms with E-state index in [0.717, 1.165) is 5.56 Å². The van der Waals surface area contributed by atoms with Crippen molar-refractivity contribution in [2.24, 2.45) is 5.73 Å². The van der Waals surface area contributed by atoms with E-state index in [1.165, 1.54) is 38.2 Å². The van der Waals surface area contributed by atoms with Gasteiger partial charge in [0.2, 0.25) is 0 Å². The fraction of sp³-hybridized carbons (Fsp3) is 0.600. The molecule has 1 aromatic rings. The Morgan fingerprint density at radius 3 is 2.67 bits per heavy atom. The number of likely N-dealkylation sites (N-methyl/N-ethyl adjacent to an activating group) is 1. The van der Waals surface area contributed by atoms with E-state index in [0.29, 0.717) is 12.6 Å². The maximum absolute atomic E-state index is 13.3. The number of hydrogen-bond acceptors (Lipinski definition) is 2. The fourth-order valence-corrected chi connectivity index (χ4v) is 2.99. The van der Waals surface area contributed by atoms with Crippen molar-refractivity contribution in [2.45, 2.75) is 44.2 Å². The summed E-state index contributed by atoms with van der Waals surface area (Å²) in [6, 6.07) is 7.55. The first-order chi connectivity index (χ1) is 8.72. The van der Waals surface area contributed by atoms with Gasteiger partial charge in [-0.15, -0.1) is 0 Å². The van der Waals surface area contributed by atoms with Crippen molar-refractivity contribution in [3.63, 3.8) is 0 Å². The zero-order chi connectivity index (χ0) is 13.0. The smallest absolute Gasteiger partial charge is 0.123 e. The van der Waals surface area contributed by atoms with Gasteiger partial charge >= 0.3 is 0 Å². The Morgan fingerprint density at radius 1 is 1.33 bits per heavy atom. The largest absolute Gasteiger partial charge is 0.329 e. The first kappa shape index (κ1) is 13.5. The molecule has 100 valence electrons. The van der Waals surface area contributed by atoms with Crippen LogP contribution in [0.15, 0.2) is 24.3 Å². The van der Waals surface area contributed by atoms with Gasteiger partial charge in [0, 0.05) is 18.6 Å². The lowest BCUT2D eigenvalue weighted by Crippen LogP contribution is -2.39. The van der Waals surface area contributed by atoms with Crippen molar-refractivity contribution in [3.8, 4) is 0 Å². The lowest BCUT2D eigenvalue weighted by atomic mass is 9.92. The van der Waals surface area contributed by atoms with Crippen LogP contribution in [0, 0.1) is 5.82 Å². The number of hydrogen-bond donors (Lipinski definition) is 1. The Hall–Kier alpha value is -0.930. The van der Waals surface area contributed by atoms with Gasteiger partial charge in [-0.25, -0.2) is 4.39 Å². The summed E-state index contributed by atoms with van der Waals surface area (Å²) < 4.78 is 13.3. The minimum Gasteiger partial charge on any atom is -0.329 e. The zero-order valence-corrected chi connectivity index (χ0v) is 11.1. The average molecular weight is 250 g/mol. The Kier molecular flexibility index (Phi) is 4.72. The number of nitrogens with two attached hydrogens (primary N) is 1. The summed E-state index contributed by atoms with van der Waals surface area (Å²) >= 11 is 0. The average Bonchev–Trinajstić information content (AvgIpc) is 2.40. The van der Waals surface area contributed by atoms with Crippen LogP contribution in [0.5, 0.6) is 0 Å². The Morgan fingerprint density at radius 2 is 2.06 bits per heavy atom. The summed E-state index contributed by atoms with van der Waals surface area (Å²) in [5, 5.41) is 0.